The molecule has 0 aromatic carbocycles. The topological polar surface area (TPSA) is 61.2 Å². The molecule has 0 spiro atoms. The molecule has 0 bridgehead atoms. The van der Waals surface area contributed by atoms with Gasteiger partial charge in [-0.3, -0.25) is 4.84 Å². The van der Waals surface area contributed by atoms with Crippen LogP contribution < -0.4 is 10.6 Å². The summed E-state index contributed by atoms with van der Waals surface area (Å²) < 4.78 is 0. The van der Waals surface area contributed by atoms with Crippen LogP contribution in [-0.2, 0) is 4.84 Å². The maximum absolute atomic E-state index is 5.03. The van der Waals surface area contributed by atoms with Crippen LogP contribution in [-0.4, -0.2) is 43.7 Å². The Morgan fingerprint density at radius 1 is 1.36 bits per heavy atom. The number of hydrazone groups is 1. The van der Waals surface area contributed by atoms with Gasteiger partial charge in [-0.2, -0.15) is 10.2 Å². The van der Waals surface area contributed by atoms with Gasteiger partial charge >= 0.3 is 0 Å². The summed E-state index contributed by atoms with van der Waals surface area (Å²) in [6, 6.07) is 0. The largest absolute Gasteiger partial charge is 0.372 e. The Balaban J connectivity index is 2.65. The molecule has 2 N–H and O–H groups in total. The molecule has 0 saturated heterocycles. The fourth-order valence-electron chi connectivity index (χ4n) is 1.09. The molecule has 0 aromatic heterocycles. The Morgan fingerprint density at radius 2 is 2.07 bits per heavy atom. The number of guanidine groups is 1. The molecule has 6 nitrogen and oxygen atoms in total. The van der Waals surface area contributed by atoms with Crippen molar-refractivity contribution in [3.63, 3.8) is 0 Å². The van der Waals surface area contributed by atoms with E-state index < -0.39 is 0 Å². The number of hydroxylamine groups is 1. The zero-order valence-corrected chi connectivity index (χ0v) is 8.87. The van der Waals surface area contributed by atoms with Gasteiger partial charge < -0.3 is 10.6 Å². The van der Waals surface area contributed by atoms with Crippen molar-refractivity contribution in [2.24, 2.45) is 10.1 Å². The van der Waals surface area contributed by atoms with Gasteiger partial charge in [-0.1, -0.05) is 0 Å². The molecule has 80 valence electrons. The highest BCUT2D eigenvalue weighted by Gasteiger charge is 2.13. The number of rotatable bonds is 3. The summed E-state index contributed by atoms with van der Waals surface area (Å²) in [6.07, 6.45) is 0. The summed E-state index contributed by atoms with van der Waals surface area (Å²) in [7, 11) is 1.59. The molecule has 0 aliphatic carbocycles. The van der Waals surface area contributed by atoms with E-state index in [0.717, 1.165) is 18.9 Å². The first-order valence-corrected chi connectivity index (χ1v) is 4.75. The first-order valence-electron chi connectivity index (χ1n) is 4.75. The van der Waals surface area contributed by atoms with E-state index in [4.69, 9.17) is 4.84 Å². The van der Waals surface area contributed by atoms with Gasteiger partial charge in [-0.05, 0) is 13.8 Å². The van der Waals surface area contributed by atoms with E-state index in [-0.39, 0.29) is 0 Å². The average molecular weight is 199 g/mol. The lowest BCUT2D eigenvalue weighted by molar-refractivity contribution is -0.120. The van der Waals surface area contributed by atoms with Crippen molar-refractivity contribution in [3.8, 4) is 0 Å². The molecule has 0 amide bonds. The van der Waals surface area contributed by atoms with E-state index in [1.165, 1.54) is 5.17 Å². The minimum absolute atomic E-state index is 0.555. The highest BCUT2D eigenvalue weighted by Crippen LogP contribution is 1.98. The zero-order chi connectivity index (χ0) is 10.4. The molecule has 0 aromatic rings. The predicted octanol–water partition coefficient (Wildman–Crippen LogP) is -0.248. The molecule has 1 aliphatic rings. The minimum atomic E-state index is 0.555. The maximum Gasteiger partial charge on any atom is 0.244 e. The third kappa shape index (κ3) is 2.88. The van der Waals surface area contributed by atoms with Gasteiger partial charge in [0.05, 0.1) is 7.11 Å². The van der Waals surface area contributed by atoms with E-state index in [0.29, 0.717) is 12.5 Å². The molecule has 0 fully saturated rings. The predicted molar refractivity (Wildman–Crippen MR) is 55.9 cm³/mol. The number of aliphatic imine (C=N–C) groups is 1. The first-order chi connectivity index (χ1) is 6.80. The van der Waals surface area contributed by atoms with Crippen molar-refractivity contribution in [2.75, 3.05) is 26.7 Å². The third-order valence-electron chi connectivity index (χ3n) is 1.66. The molecular formula is C8H17N5O. The number of hydrogen-bond donors (Lipinski definition) is 2. The average Bonchev–Trinajstić information content (AvgIpc) is 2.18. The Kier molecular flexibility index (Phi) is 4.18. The van der Waals surface area contributed by atoms with E-state index in [2.05, 4.69) is 20.7 Å². The van der Waals surface area contributed by atoms with Crippen LogP contribution in [0.1, 0.15) is 13.8 Å². The van der Waals surface area contributed by atoms with Crippen LogP contribution in [0.3, 0.4) is 0 Å². The van der Waals surface area contributed by atoms with Gasteiger partial charge in [0.2, 0.25) is 5.96 Å². The van der Waals surface area contributed by atoms with Crippen molar-refractivity contribution < 1.29 is 4.84 Å². The molecule has 0 radical (unpaired) electrons. The second-order valence-electron chi connectivity index (χ2n) is 2.74. The lowest BCUT2D eigenvalue weighted by atomic mass is 10.5. The van der Waals surface area contributed by atoms with Crippen molar-refractivity contribution in [1.82, 2.24) is 15.8 Å². The van der Waals surface area contributed by atoms with Crippen LogP contribution in [0.4, 0.5) is 0 Å². The fourth-order valence-corrected chi connectivity index (χ4v) is 1.09. The highest BCUT2D eigenvalue weighted by atomic mass is 16.7. The van der Waals surface area contributed by atoms with Gasteiger partial charge in [-0.25, -0.2) is 0 Å². The Labute approximate surface area is 84.0 Å². The zero-order valence-electron chi connectivity index (χ0n) is 8.87. The van der Waals surface area contributed by atoms with E-state index in [1.54, 1.807) is 7.11 Å². The third-order valence-corrected chi connectivity index (χ3v) is 1.66. The van der Waals surface area contributed by atoms with Crippen molar-refractivity contribution in [1.29, 1.82) is 0 Å². The Hall–Kier alpha value is -1.30. The van der Waals surface area contributed by atoms with Crippen LogP contribution >= 0.6 is 0 Å². The second kappa shape index (κ2) is 5.43. The molecular weight excluding hydrogens is 182 g/mol. The monoisotopic (exact) mass is 199 g/mol. The molecule has 1 rings (SSSR count). The molecule has 0 atom stereocenters. The molecule has 0 unspecified atom stereocenters. The van der Waals surface area contributed by atoms with E-state index in [1.807, 2.05) is 13.8 Å². The number of nitrogens with one attached hydrogen (secondary N) is 2. The number of likely N-dealkylation sites (N-methyl/N-ethyl adjacent to an activating group) is 1. The van der Waals surface area contributed by atoms with E-state index >= 15 is 0 Å². The standard InChI is InChI=1S/C8H17N5O/c1-4-9-7-6-13(14-3)12-8(11-7)10-5-2/h4-6H2,1-3H3,(H2,9,10,11,12). The van der Waals surface area contributed by atoms with Crippen LogP contribution in [0.25, 0.3) is 0 Å². The molecule has 6 heteroatoms. The fraction of sp³-hybridized carbons (Fsp3) is 0.750. The van der Waals surface area contributed by atoms with Crippen LogP contribution in [0, 0.1) is 0 Å². The Morgan fingerprint density at radius 3 is 2.64 bits per heavy atom. The summed E-state index contributed by atoms with van der Waals surface area (Å²) in [6.45, 7) is 6.21. The molecule has 1 heterocycles. The smallest absolute Gasteiger partial charge is 0.244 e. The van der Waals surface area contributed by atoms with Gasteiger partial charge in [0.1, 0.15) is 12.4 Å². The lowest BCUT2D eigenvalue weighted by Crippen LogP contribution is -2.41. The number of hydrogen-bond acceptors (Lipinski definition) is 6. The summed E-state index contributed by atoms with van der Waals surface area (Å²) in [5.74, 6) is 1.44. The summed E-state index contributed by atoms with van der Waals surface area (Å²) in [5, 5.41) is 11.8. The maximum atomic E-state index is 5.03. The molecule has 14 heavy (non-hydrogen) atoms. The first kappa shape index (κ1) is 10.8. The van der Waals surface area contributed by atoms with Crippen molar-refractivity contribution >= 4 is 11.8 Å². The number of nitrogens with zero attached hydrogens (tertiary/aromatic N) is 3. The quantitative estimate of drug-likeness (QED) is 0.658. The van der Waals surface area contributed by atoms with Gasteiger partial charge in [0, 0.05) is 13.1 Å². The lowest BCUT2D eigenvalue weighted by Gasteiger charge is -2.22. The second-order valence-corrected chi connectivity index (χ2v) is 2.74. The van der Waals surface area contributed by atoms with Gasteiger partial charge in [0.25, 0.3) is 0 Å². The normalized spacial score (nSPS) is 16.1. The van der Waals surface area contributed by atoms with E-state index in [9.17, 15) is 0 Å². The number of amidine groups is 1. The summed E-state index contributed by atoms with van der Waals surface area (Å²) in [4.78, 5) is 9.31. The van der Waals surface area contributed by atoms with Gasteiger partial charge in [0.15, 0.2) is 0 Å². The minimum Gasteiger partial charge on any atom is -0.372 e. The Bertz CT molecular complexity index is 238. The molecule has 0 saturated carbocycles. The van der Waals surface area contributed by atoms with Crippen LogP contribution in [0.2, 0.25) is 0 Å². The molecule has 1 aliphatic heterocycles. The SMILES string of the molecule is CCNC1=NC(NCC)=NN(OC)C1. The van der Waals surface area contributed by atoms with Crippen LogP contribution in [0.15, 0.2) is 10.1 Å². The highest BCUT2D eigenvalue weighted by molar-refractivity contribution is 5.98. The van der Waals surface area contributed by atoms with Gasteiger partial charge in [-0.15, -0.1) is 5.10 Å². The summed E-state index contributed by atoms with van der Waals surface area (Å²) in [5.41, 5.74) is 0. The van der Waals surface area contributed by atoms with Crippen LogP contribution in [0.5, 0.6) is 0 Å². The van der Waals surface area contributed by atoms with Crippen molar-refractivity contribution in [3.05, 3.63) is 0 Å². The van der Waals surface area contributed by atoms with Crippen molar-refractivity contribution in [2.45, 2.75) is 13.8 Å². The summed E-state index contributed by atoms with van der Waals surface area (Å²) >= 11 is 0.